The van der Waals surface area contributed by atoms with Crippen molar-refractivity contribution in [2.45, 2.75) is 46.5 Å². The van der Waals surface area contributed by atoms with Crippen molar-refractivity contribution in [1.29, 1.82) is 0 Å². The molecule has 0 bridgehead atoms. The minimum Gasteiger partial charge on any atom is -0.508 e. The molecule has 0 saturated heterocycles. The van der Waals surface area contributed by atoms with E-state index in [0.29, 0.717) is 17.6 Å². The Balaban J connectivity index is 2.86. The van der Waals surface area contributed by atoms with Crippen molar-refractivity contribution in [2.75, 3.05) is 0 Å². The Labute approximate surface area is 117 Å². The van der Waals surface area contributed by atoms with Gasteiger partial charge in [-0.05, 0) is 38.7 Å². The van der Waals surface area contributed by atoms with Gasteiger partial charge in [-0.2, -0.15) is 0 Å². The van der Waals surface area contributed by atoms with Gasteiger partial charge in [-0.25, -0.2) is 0 Å². The van der Waals surface area contributed by atoms with Crippen molar-refractivity contribution >= 4 is 0 Å². The number of allylic oxidation sites excluding steroid dienone is 4. The summed E-state index contributed by atoms with van der Waals surface area (Å²) in [5, 5.41) is 10.0. The fourth-order valence-electron chi connectivity index (χ4n) is 2.06. The molecule has 0 aliphatic carbocycles. The van der Waals surface area contributed by atoms with Crippen molar-refractivity contribution in [3.8, 4) is 5.75 Å². The molecule has 1 N–H and O–H groups in total. The molecule has 19 heavy (non-hydrogen) atoms. The molecule has 104 valence electrons. The molecule has 1 atom stereocenters. The maximum atomic E-state index is 10.0. The Bertz CT molecular complexity index is 437. The van der Waals surface area contributed by atoms with E-state index in [1.54, 1.807) is 6.07 Å². The molecule has 1 aromatic rings. The second-order valence-corrected chi connectivity index (χ2v) is 5.65. The first-order valence-corrected chi connectivity index (χ1v) is 7.10. The average molecular weight is 258 g/mol. The van der Waals surface area contributed by atoms with Crippen LogP contribution >= 0.6 is 0 Å². The molecule has 0 radical (unpaired) electrons. The zero-order valence-corrected chi connectivity index (χ0v) is 12.6. The van der Waals surface area contributed by atoms with Gasteiger partial charge in [0.15, 0.2) is 0 Å². The second kappa shape index (κ2) is 7.83. The largest absolute Gasteiger partial charge is 0.508 e. The molecule has 1 nitrogen and oxygen atoms in total. The molecular formula is C18H26O. The number of para-hydroxylation sites is 1. The molecular weight excluding hydrogens is 232 g/mol. The fourth-order valence-corrected chi connectivity index (χ4v) is 2.06. The van der Waals surface area contributed by atoms with Crippen LogP contribution in [0.5, 0.6) is 5.75 Å². The Kier molecular flexibility index (Phi) is 6.41. The minimum absolute atomic E-state index is 0.291. The van der Waals surface area contributed by atoms with Crippen molar-refractivity contribution < 1.29 is 5.11 Å². The molecule has 0 heterocycles. The predicted molar refractivity (Wildman–Crippen MR) is 83.5 cm³/mol. The average Bonchev–Trinajstić information content (AvgIpc) is 2.34. The second-order valence-electron chi connectivity index (χ2n) is 5.65. The zero-order chi connectivity index (χ0) is 14.3. The number of rotatable bonds is 6. The Morgan fingerprint density at radius 3 is 2.42 bits per heavy atom. The Morgan fingerprint density at radius 2 is 1.84 bits per heavy atom. The number of aromatic hydroxyl groups is 1. The predicted octanol–water partition coefficient (Wildman–Crippen LogP) is 5.43. The van der Waals surface area contributed by atoms with E-state index in [4.69, 9.17) is 0 Å². The summed E-state index contributed by atoms with van der Waals surface area (Å²) >= 11 is 0. The van der Waals surface area contributed by atoms with E-state index in [9.17, 15) is 5.11 Å². The molecule has 0 aromatic heterocycles. The van der Waals surface area contributed by atoms with E-state index in [-0.39, 0.29) is 0 Å². The van der Waals surface area contributed by atoms with Gasteiger partial charge >= 0.3 is 0 Å². The van der Waals surface area contributed by atoms with Gasteiger partial charge in [-0.3, -0.25) is 0 Å². The standard InChI is InChI=1S/C18H26O/c1-14(2)8-7-9-16(13-12-15(3)4)17-10-5-6-11-18(17)19/h5-6,8,10-13,15-16,19H,7,9H2,1-4H3/b13-12-. The highest BCUT2D eigenvalue weighted by atomic mass is 16.3. The summed E-state index contributed by atoms with van der Waals surface area (Å²) in [4.78, 5) is 0. The topological polar surface area (TPSA) is 20.2 Å². The number of hydrogen-bond acceptors (Lipinski definition) is 1. The smallest absolute Gasteiger partial charge is 0.119 e. The molecule has 0 saturated carbocycles. The molecule has 1 heteroatoms. The van der Waals surface area contributed by atoms with Gasteiger partial charge in [0.1, 0.15) is 5.75 Å². The molecule has 0 fully saturated rings. The quantitative estimate of drug-likeness (QED) is 0.674. The maximum Gasteiger partial charge on any atom is 0.119 e. The molecule has 0 aliphatic heterocycles. The number of phenols is 1. The number of hydrogen-bond donors (Lipinski definition) is 1. The van der Waals surface area contributed by atoms with E-state index in [0.717, 1.165) is 18.4 Å². The van der Waals surface area contributed by atoms with Crippen LogP contribution in [0.3, 0.4) is 0 Å². The highest BCUT2D eigenvalue weighted by Crippen LogP contribution is 2.30. The SMILES string of the molecule is CC(C)=CCCC(/C=C\C(C)C)c1ccccc1O. The van der Waals surface area contributed by atoms with Crippen LogP contribution in [0.4, 0.5) is 0 Å². The van der Waals surface area contributed by atoms with E-state index < -0.39 is 0 Å². The van der Waals surface area contributed by atoms with Gasteiger partial charge < -0.3 is 5.11 Å². The molecule has 0 aliphatic rings. The van der Waals surface area contributed by atoms with Crippen LogP contribution < -0.4 is 0 Å². The van der Waals surface area contributed by atoms with Crippen LogP contribution in [0.25, 0.3) is 0 Å². The molecule has 0 amide bonds. The van der Waals surface area contributed by atoms with E-state index in [2.05, 4.69) is 45.9 Å². The normalized spacial score (nSPS) is 12.9. The zero-order valence-electron chi connectivity index (χ0n) is 12.6. The number of phenolic OH excluding ortho intramolecular Hbond substituents is 1. The van der Waals surface area contributed by atoms with Crippen molar-refractivity contribution in [1.82, 2.24) is 0 Å². The third-order valence-electron chi connectivity index (χ3n) is 3.09. The molecule has 1 rings (SSSR count). The Morgan fingerprint density at radius 1 is 1.16 bits per heavy atom. The highest BCUT2D eigenvalue weighted by molar-refractivity contribution is 5.37. The minimum atomic E-state index is 0.291. The highest BCUT2D eigenvalue weighted by Gasteiger charge is 2.11. The lowest BCUT2D eigenvalue weighted by atomic mass is 9.91. The molecule has 1 unspecified atom stereocenters. The third-order valence-corrected chi connectivity index (χ3v) is 3.09. The van der Waals surface area contributed by atoms with Gasteiger partial charge in [0.25, 0.3) is 0 Å². The summed E-state index contributed by atoms with van der Waals surface area (Å²) in [7, 11) is 0. The van der Waals surface area contributed by atoms with Crippen LogP contribution in [0.15, 0.2) is 48.1 Å². The first-order valence-electron chi connectivity index (χ1n) is 7.10. The summed E-state index contributed by atoms with van der Waals surface area (Å²) in [6.45, 7) is 8.60. The third kappa shape index (κ3) is 5.78. The lowest BCUT2D eigenvalue weighted by Crippen LogP contribution is -1.96. The van der Waals surface area contributed by atoms with Crippen molar-refractivity contribution in [2.24, 2.45) is 5.92 Å². The van der Waals surface area contributed by atoms with Gasteiger partial charge in [0.2, 0.25) is 0 Å². The summed E-state index contributed by atoms with van der Waals surface area (Å²) in [5.74, 6) is 1.23. The van der Waals surface area contributed by atoms with Gasteiger partial charge in [-0.15, -0.1) is 0 Å². The van der Waals surface area contributed by atoms with Gasteiger partial charge in [-0.1, -0.05) is 55.8 Å². The lowest BCUT2D eigenvalue weighted by molar-refractivity contribution is 0.463. The van der Waals surface area contributed by atoms with Crippen LogP contribution in [0.1, 0.15) is 52.0 Å². The maximum absolute atomic E-state index is 10.0. The van der Waals surface area contributed by atoms with Crippen molar-refractivity contribution in [3.05, 3.63) is 53.6 Å². The van der Waals surface area contributed by atoms with Gasteiger partial charge in [0, 0.05) is 11.5 Å². The fraction of sp³-hybridized carbons (Fsp3) is 0.444. The molecule has 1 aromatic carbocycles. The molecule has 0 spiro atoms. The van der Waals surface area contributed by atoms with Crippen LogP contribution in [0, 0.1) is 5.92 Å². The monoisotopic (exact) mass is 258 g/mol. The van der Waals surface area contributed by atoms with E-state index >= 15 is 0 Å². The Hall–Kier alpha value is -1.50. The number of benzene rings is 1. The van der Waals surface area contributed by atoms with Gasteiger partial charge in [0.05, 0.1) is 0 Å². The summed E-state index contributed by atoms with van der Waals surface area (Å²) in [6, 6.07) is 7.66. The van der Waals surface area contributed by atoms with Crippen LogP contribution in [-0.4, -0.2) is 5.11 Å². The lowest BCUT2D eigenvalue weighted by Gasteiger charge is -2.14. The summed E-state index contributed by atoms with van der Waals surface area (Å²) in [6.07, 6.45) is 8.80. The van der Waals surface area contributed by atoms with E-state index in [1.807, 2.05) is 18.2 Å². The first kappa shape index (κ1) is 15.6. The van der Waals surface area contributed by atoms with Crippen LogP contribution in [0.2, 0.25) is 0 Å². The van der Waals surface area contributed by atoms with Crippen molar-refractivity contribution in [3.63, 3.8) is 0 Å². The van der Waals surface area contributed by atoms with E-state index in [1.165, 1.54) is 5.57 Å². The van der Waals surface area contributed by atoms with Crippen LogP contribution in [-0.2, 0) is 0 Å². The first-order chi connectivity index (χ1) is 9.00. The summed E-state index contributed by atoms with van der Waals surface area (Å²) < 4.78 is 0. The summed E-state index contributed by atoms with van der Waals surface area (Å²) in [5.41, 5.74) is 2.38.